The summed E-state index contributed by atoms with van der Waals surface area (Å²) >= 11 is 0. The molecule has 0 saturated heterocycles. The van der Waals surface area contributed by atoms with Crippen molar-refractivity contribution in [2.45, 2.75) is 13.8 Å². The second-order valence-electron chi connectivity index (χ2n) is 7.53. The number of benzene rings is 3. The molecule has 3 heteroatoms. The number of rotatable bonds is 3. The molecule has 3 nitrogen and oxygen atoms in total. The molecular formula is C27H21N3. The Labute approximate surface area is 176 Å². The van der Waals surface area contributed by atoms with E-state index in [0.29, 0.717) is 0 Å². The van der Waals surface area contributed by atoms with Crippen LogP contribution in [0, 0.1) is 13.8 Å². The molecule has 0 unspecified atom stereocenters. The Morgan fingerprint density at radius 2 is 1.27 bits per heavy atom. The van der Waals surface area contributed by atoms with E-state index in [1.807, 2.05) is 24.4 Å². The summed E-state index contributed by atoms with van der Waals surface area (Å²) in [5, 5.41) is 0. The molecule has 0 aliphatic carbocycles. The maximum Gasteiger partial charge on any atom is 0.0971 e. The fourth-order valence-electron chi connectivity index (χ4n) is 4.00. The number of aromatic nitrogens is 3. The highest BCUT2D eigenvalue weighted by Crippen LogP contribution is 2.35. The topological polar surface area (TPSA) is 38.7 Å². The second-order valence-corrected chi connectivity index (χ2v) is 7.53. The third-order valence-electron chi connectivity index (χ3n) is 5.43. The van der Waals surface area contributed by atoms with Crippen molar-refractivity contribution >= 4 is 11.0 Å². The fourth-order valence-corrected chi connectivity index (χ4v) is 4.00. The van der Waals surface area contributed by atoms with Gasteiger partial charge < -0.3 is 0 Å². The lowest BCUT2D eigenvalue weighted by Crippen LogP contribution is -1.93. The lowest BCUT2D eigenvalue weighted by Gasteiger charge is -2.13. The summed E-state index contributed by atoms with van der Waals surface area (Å²) in [5.74, 6) is 0. The fraction of sp³-hybridized carbons (Fsp3) is 0.0741. The molecule has 0 aliphatic heterocycles. The van der Waals surface area contributed by atoms with Crippen LogP contribution in [-0.4, -0.2) is 15.0 Å². The van der Waals surface area contributed by atoms with E-state index >= 15 is 0 Å². The quantitative estimate of drug-likeness (QED) is 0.348. The zero-order valence-corrected chi connectivity index (χ0v) is 17.0. The number of hydrogen-bond acceptors (Lipinski definition) is 3. The highest BCUT2D eigenvalue weighted by molar-refractivity contribution is 6.01. The Bertz CT molecular complexity index is 1360. The van der Waals surface area contributed by atoms with Gasteiger partial charge in [-0.3, -0.25) is 15.0 Å². The van der Waals surface area contributed by atoms with E-state index in [4.69, 9.17) is 9.97 Å². The third-order valence-corrected chi connectivity index (χ3v) is 5.43. The number of nitrogens with zero attached hydrogens (tertiary/aromatic N) is 3. The van der Waals surface area contributed by atoms with Crippen LogP contribution in [0.3, 0.4) is 0 Å². The monoisotopic (exact) mass is 387 g/mol. The van der Waals surface area contributed by atoms with Crippen molar-refractivity contribution < 1.29 is 0 Å². The van der Waals surface area contributed by atoms with Crippen molar-refractivity contribution in [3.63, 3.8) is 0 Å². The van der Waals surface area contributed by atoms with Crippen molar-refractivity contribution in [1.29, 1.82) is 0 Å². The molecule has 0 bridgehead atoms. The number of fused-ring (bicyclic) bond motifs is 1. The average molecular weight is 387 g/mol. The summed E-state index contributed by atoms with van der Waals surface area (Å²) < 4.78 is 0. The summed E-state index contributed by atoms with van der Waals surface area (Å²) in [4.78, 5) is 13.9. The van der Waals surface area contributed by atoms with Crippen LogP contribution in [0.25, 0.3) is 44.5 Å². The molecule has 0 fully saturated rings. The first-order valence-electron chi connectivity index (χ1n) is 10.0. The smallest absolute Gasteiger partial charge is 0.0971 e. The summed E-state index contributed by atoms with van der Waals surface area (Å²) in [5.41, 5.74) is 10.9. The summed E-state index contributed by atoms with van der Waals surface area (Å²) in [6, 6.07) is 25.3. The van der Waals surface area contributed by atoms with Gasteiger partial charge in [-0.05, 0) is 48.7 Å². The van der Waals surface area contributed by atoms with Crippen LogP contribution in [0.15, 0.2) is 91.4 Å². The Morgan fingerprint density at radius 1 is 0.533 bits per heavy atom. The molecule has 0 spiro atoms. The largest absolute Gasteiger partial charge is 0.256 e. The highest BCUT2D eigenvalue weighted by atomic mass is 14.8. The highest BCUT2D eigenvalue weighted by Gasteiger charge is 2.13. The first kappa shape index (κ1) is 18.2. The number of aryl methyl sites for hydroxylation is 2. The van der Waals surface area contributed by atoms with E-state index in [9.17, 15) is 0 Å². The zero-order valence-electron chi connectivity index (χ0n) is 17.0. The molecule has 5 rings (SSSR count). The molecule has 5 aromatic rings. The molecular weight excluding hydrogens is 366 g/mol. The van der Waals surface area contributed by atoms with E-state index in [-0.39, 0.29) is 0 Å². The number of hydrogen-bond donors (Lipinski definition) is 0. The molecule has 0 aliphatic rings. The molecule has 0 atom stereocenters. The van der Waals surface area contributed by atoms with Crippen LogP contribution in [0.2, 0.25) is 0 Å². The van der Waals surface area contributed by atoms with Crippen LogP contribution in [0.4, 0.5) is 0 Å². The minimum atomic E-state index is 0.910. The van der Waals surface area contributed by atoms with E-state index in [2.05, 4.69) is 73.4 Å². The summed E-state index contributed by atoms with van der Waals surface area (Å²) in [6.45, 7) is 4.27. The third kappa shape index (κ3) is 3.25. The predicted molar refractivity (Wildman–Crippen MR) is 123 cm³/mol. The molecule has 30 heavy (non-hydrogen) atoms. The van der Waals surface area contributed by atoms with Gasteiger partial charge in [0.2, 0.25) is 0 Å². The molecule has 2 heterocycles. The lowest BCUT2D eigenvalue weighted by molar-refractivity contribution is 1.29. The van der Waals surface area contributed by atoms with Crippen LogP contribution in [0.5, 0.6) is 0 Å². The van der Waals surface area contributed by atoms with Gasteiger partial charge in [0.25, 0.3) is 0 Å². The van der Waals surface area contributed by atoms with Gasteiger partial charge in [0.05, 0.1) is 16.7 Å². The molecule has 3 aromatic carbocycles. The lowest BCUT2D eigenvalue weighted by atomic mass is 9.93. The van der Waals surface area contributed by atoms with Gasteiger partial charge in [0.1, 0.15) is 0 Å². The molecule has 0 N–H and O–H groups in total. The Morgan fingerprint density at radius 3 is 2.03 bits per heavy atom. The zero-order chi connectivity index (χ0) is 20.5. The first-order chi connectivity index (χ1) is 14.7. The van der Waals surface area contributed by atoms with Crippen LogP contribution < -0.4 is 0 Å². The molecule has 0 saturated carbocycles. The van der Waals surface area contributed by atoms with Crippen molar-refractivity contribution in [3.05, 3.63) is 103 Å². The van der Waals surface area contributed by atoms with E-state index in [0.717, 1.165) is 39.0 Å². The van der Waals surface area contributed by atoms with Gasteiger partial charge >= 0.3 is 0 Å². The molecule has 144 valence electrons. The van der Waals surface area contributed by atoms with Crippen molar-refractivity contribution in [3.8, 4) is 33.5 Å². The minimum Gasteiger partial charge on any atom is -0.256 e. The van der Waals surface area contributed by atoms with Gasteiger partial charge in [0.15, 0.2) is 0 Å². The second kappa shape index (κ2) is 7.53. The Hall–Kier alpha value is -3.85. The maximum atomic E-state index is 4.72. The van der Waals surface area contributed by atoms with Crippen LogP contribution in [-0.2, 0) is 0 Å². The van der Waals surface area contributed by atoms with Crippen LogP contribution in [0.1, 0.15) is 11.1 Å². The van der Waals surface area contributed by atoms with Crippen molar-refractivity contribution in [2.24, 2.45) is 0 Å². The van der Waals surface area contributed by atoms with Crippen molar-refractivity contribution in [2.75, 3.05) is 0 Å². The van der Waals surface area contributed by atoms with Crippen LogP contribution >= 0.6 is 0 Å². The Balaban J connectivity index is 1.69. The van der Waals surface area contributed by atoms with Gasteiger partial charge in [-0.2, -0.15) is 0 Å². The minimum absolute atomic E-state index is 0.910. The van der Waals surface area contributed by atoms with Gasteiger partial charge in [0, 0.05) is 35.3 Å². The van der Waals surface area contributed by atoms with Gasteiger partial charge in [-0.25, -0.2) is 0 Å². The van der Waals surface area contributed by atoms with E-state index < -0.39 is 0 Å². The molecule has 2 aromatic heterocycles. The number of pyridine rings is 1. The maximum absolute atomic E-state index is 4.72. The molecule has 0 radical (unpaired) electrons. The molecule has 0 amide bonds. The van der Waals surface area contributed by atoms with Gasteiger partial charge in [-0.15, -0.1) is 0 Å². The standard InChI is InChI=1S/C27H21N3/c1-18-9-10-22(19(2)16-18)24-12-11-23(26-27(24)30-15-14-29-26)20-6-5-7-21(17-20)25-8-3-4-13-28-25/h3-17H,1-2H3. The van der Waals surface area contributed by atoms with E-state index in [1.54, 1.807) is 12.4 Å². The normalized spacial score (nSPS) is 11.0. The predicted octanol–water partition coefficient (Wildman–Crippen LogP) is 6.64. The van der Waals surface area contributed by atoms with Gasteiger partial charge in [-0.1, -0.05) is 60.2 Å². The van der Waals surface area contributed by atoms with E-state index in [1.165, 1.54) is 16.7 Å². The SMILES string of the molecule is Cc1ccc(-c2ccc(-c3cccc(-c4ccccn4)c3)c3nccnc23)c(C)c1. The first-order valence-corrected chi connectivity index (χ1v) is 10.0. The summed E-state index contributed by atoms with van der Waals surface area (Å²) in [7, 11) is 0. The average Bonchev–Trinajstić information content (AvgIpc) is 2.79. The van der Waals surface area contributed by atoms with Crippen molar-refractivity contribution in [1.82, 2.24) is 15.0 Å². The Kier molecular flexibility index (Phi) is 4.56. The summed E-state index contributed by atoms with van der Waals surface area (Å²) in [6.07, 6.45) is 5.35.